The molecule has 0 aliphatic rings. The number of carboxylic acid groups (broad SMARTS) is 4. The zero-order valence-electron chi connectivity index (χ0n) is 28.0. The number of guanidine groups is 2. The Labute approximate surface area is 316 Å². The Kier molecular flexibility index (Phi) is 20.2. The van der Waals surface area contributed by atoms with Crippen molar-refractivity contribution in [2.75, 3.05) is 19.3 Å². The third-order valence-electron chi connectivity index (χ3n) is 5.42. The predicted molar refractivity (Wildman–Crippen MR) is 191 cm³/mol. The Balaban J connectivity index is 0.000000757. The number of benzene rings is 1. The molecule has 0 spiro atoms. The van der Waals surface area contributed by atoms with Gasteiger partial charge in [0.15, 0.2) is 11.9 Å². The minimum absolute atomic E-state index is 0.0223. The molecule has 0 aliphatic carbocycles. The number of nitrogens with one attached hydrogen (secondary N) is 5. The number of carboxylic acids is 4. The van der Waals surface area contributed by atoms with Crippen LogP contribution < -0.4 is 46.4 Å². The number of aromatic amines is 1. The van der Waals surface area contributed by atoms with Gasteiger partial charge in [-0.2, -0.15) is 11.8 Å². The van der Waals surface area contributed by atoms with Crippen LogP contribution in [0.5, 0.6) is 0 Å². The lowest BCUT2D eigenvalue weighted by Crippen LogP contribution is -2.72. The Bertz CT molecular complexity index is 2000. The number of aromatic nitrogens is 2. The Morgan fingerprint density at radius 3 is 2.07 bits per heavy atom. The van der Waals surface area contributed by atoms with Crippen LogP contribution in [0.25, 0.3) is 0 Å². The maximum Gasteiger partial charge on any atom is 0.328 e. The number of H-pyrrole nitrogens is 1. The lowest BCUT2D eigenvalue weighted by atomic mass is 10.4. The fourth-order valence-electron chi connectivity index (χ4n) is 3.20. The van der Waals surface area contributed by atoms with Crippen LogP contribution in [-0.4, -0.2) is 87.2 Å². The molecule has 292 valence electrons. The van der Waals surface area contributed by atoms with Crippen molar-refractivity contribution in [2.45, 2.75) is 22.1 Å². The van der Waals surface area contributed by atoms with E-state index >= 15 is 0 Å². The normalized spacial score (nSPS) is 11.4. The third-order valence-corrected chi connectivity index (χ3v) is 9.96. The van der Waals surface area contributed by atoms with Crippen LogP contribution in [0.15, 0.2) is 93.1 Å². The standard InChI is InChI=1S/C21H27N9O4S4.2C4H4O4/c1-24-20(26-9-10-35-13-16-14-36-21(28-16)29-19(22)23)30-38(33,34)18-7-4-6-17(11-18)37(31,32)27-12-15-5-2-3-8-25-15;2*5-3(6)1-2-4(7)8/h2-8,11,14,27H,9-10,12-13H2,1H3,(H2,24,26,30)(H4,22,23,28,29);2*1-2H,(H,5,6)(H,7,8)/b;2*2-1+. The largest absolute Gasteiger partial charge is 0.545 e. The number of thiazole rings is 1. The number of rotatable bonds is 16. The van der Waals surface area contributed by atoms with Crippen molar-refractivity contribution in [3.63, 3.8) is 0 Å². The van der Waals surface area contributed by atoms with Crippen molar-refractivity contribution in [2.24, 2.45) is 16.5 Å². The van der Waals surface area contributed by atoms with Gasteiger partial charge in [0.2, 0.25) is 16.0 Å². The fraction of sp³-hybridized carbons (Fsp3) is 0.172. The minimum atomic E-state index is -4.10. The number of nitrogens with two attached hydrogens (primary N) is 2. The molecule has 21 nitrogen and oxygen atoms in total. The molecule has 0 saturated carbocycles. The highest BCUT2D eigenvalue weighted by atomic mass is 32.2. The highest BCUT2D eigenvalue weighted by Gasteiger charge is 2.21. The first-order valence-corrected chi connectivity index (χ1v) is 19.5. The predicted octanol–water partition coefficient (Wildman–Crippen LogP) is -5.04. The number of hydrogen-bond donors (Lipinski definition) is 8. The summed E-state index contributed by atoms with van der Waals surface area (Å²) in [5.41, 5.74) is 12.3. The summed E-state index contributed by atoms with van der Waals surface area (Å²) in [6, 6.07) is 10.4. The number of thioether (sulfide) groups is 1. The van der Waals surface area contributed by atoms with Crippen LogP contribution in [0, 0.1) is 0 Å². The van der Waals surface area contributed by atoms with Gasteiger partial charge in [0.1, 0.15) is 5.69 Å². The first-order valence-electron chi connectivity index (χ1n) is 14.5. The average Bonchev–Trinajstić information content (AvgIpc) is 3.55. The molecule has 54 heavy (non-hydrogen) atoms. The smallest absolute Gasteiger partial charge is 0.328 e. The van der Waals surface area contributed by atoms with E-state index in [-0.39, 0.29) is 28.3 Å². The molecule has 3 aromatic rings. The van der Waals surface area contributed by atoms with Crippen LogP contribution in [0.2, 0.25) is 0 Å². The van der Waals surface area contributed by atoms with Crippen molar-refractivity contribution in [1.29, 1.82) is 0 Å². The maximum atomic E-state index is 12.9. The zero-order chi connectivity index (χ0) is 40.7. The van der Waals surface area contributed by atoms with E-state index in [9.17, 15) is 46.2 Å². The summed E-state index contributed by atoms with van der Waals surface area (Å²) in [6.07, 6.45) is 3.56. The first kappa shape index (κ1) is 46.1. The minimum Gasteiger partial charge on any atom is -0.545 e. The fourth-order valence-corrected chi connectivity index (χ4v) is 6.99. The zero-order valence-corrected chi connectivity index (χ0v) is 31.3. The molecule has 11 N–H and O–H groups in total. The van der Waals surface area contributed by atoms with E-state index in [2.05, 4.69) is 34.7 Å². The van der Waals surface area contributed by atoms with Gasteiger partial charge in [-0.05, 0) is 30.4 Å². The Morgan fingerprint density at radius 1 is 0.963 bits per heavy atom. The lowest BCUT2D eigenvalue weighted by molar-refractivity contribution is -0.390. The molecule has 3 rings (SSSR count). The van der Waals surface area contributed by atoms with Crippen LogP contribution in [-0.2, 0) is 51.5 Å². The van der Waals surface area contributed by atoms with Gasteiger partial charge in [-0.25, -0.2) is 45.8 Å². The van der Waals surface area contributed by atoms with E-state index < -0.39 is 43.9 Å². The molecular formula is C29H35N9O12S4. The van der Waals surface area contributed by atoms with Crippen molar-refractivity contribution >= 4 is 84.1 Å². The van der Waals surface area contributed by atoms with Gasteiger partial charge in [-0.1, -0.05) is 23.5 Å². The van der Waals surface area contributed by atoms with Crippen molar-refractivity contribution < 1.29 is 66.4 Å². The van der Waals surface area contributed by atoms with Crippen molar-refractivity contribution in [3.8, 4) is 0 Å². The van der Waals surface area contributed by atoms with E-state index in [4.69, 9.17) is 21.7 Å². The molecule has 0 atom stereocenters. The number of carbonyl (C=O) groups excluding carboxylic acids is 2. The van der Waals surface area contributed by atoms with E-state index in [1.54, 1.807) is 36.2 Å². The number of carbonyl (C=O) groups is 4. The molecule has 0 aliphatic heterocycles. The molecule has 0 amide bonds. The van der Waals surface area contributed by atoms with E-state index in [1.807, 2.05) is 5.38 Å². The molecule has 25 heteroatoms. The molecule has 0 unspecified atom stereocenters. The topological polar surface area (TPSA) is 365 Å². The molecule has 1 aromatic carbocycles. The van der Waals surface area contributed by atoms with Gasteiger partial charge in [-0.3, -0.25) is 4.99 Å². The summed E-state index contributed by atoms with van der Waals surface area (Å²) >= 11 is 2.98. The van der Waals surface area contributed by atoms with Crippen LogP contribution in [0.3, 0.4) is 0 Å². The van der Waals surface area contributed by atoms with Gasteiger partial charge in [-0.15, -0.1) is 4.98 Å². The van der Waals surface area contributed by atoms with Gasteiger partial charge in [0, 0.05) is 54.8 Å². The van der Waals surface area contributed by atoms with Crippen LogP contribution in [0.4, 0.5) is 5.13 Å². The maximum absolute atomic E-state index is 12.9. The Morgan fingerprint density at radius 2 is 1.57 bits per heavy atom. The van der Waals surface area contributed by atoms with E-state index in [0.29, 0.717) is 53.2 Å². The second-order valence-corrected chi connectivity index (χ2v) is 15.0. The SMILES string of the molecule is CN=C(NCCSCc1csc([NH+]=C(N)N)n1)NS(=O)(=O)c1cccc(S(=O)(=O)NCc2cccc[nH+]2)c1.O=C([O-])/C=C/C(=O)O.O=C([O-])/C=C/C(=O)O. The number of sulfonamides is 2. The number of pyridine rings is 1. The second kappa shape index (κ2) is 23.6. The third kappa shape index (κ3) is 20.2. The Hall–Kier alpha value is -5.89. The molecule has 0 saturated heterocycles. The molecular weight excluding hydrogens is 795 g/mol. The number of hydrogen-bond acceptors (Lipinski definition) is 14. The summed E-state index contributed by atoms with van der Waals surface area (Å²) < 4.78 is 56.1. The molecule has 0 fully saturated rings. The number of aliphatic imine (C=N–C) groups is 1. The highest BCUT2D eigenvalue weighted by molar-refractivity contribution is 7.98. The molecule has 2 heterocycles. The summed E-state index contributed by atoms with van der Waals surface area (Å²) in [6.45, 7) is 0.446. The quantitative estimate of drug-likeness (QED) is 0.0290. The lowest BCUT2D eigenvalue weighted by Gasteiger charge is -2.13. The van der Waals surface area contributed by atoms with E-state index in [0.717, 1.165) is 11.8 Å². The molecule has 0 radical (unpaired) electrons. The summed E-state index contributed by atoms with van der Waals surface area (Å²) in [5, 5.41) is 39.9. The first-order chi connectivity index (χ1) is 25.3. The molecule has 2 aromatic heterocycles. The van der Waals surface area contributed by atoms with Gasteiger partial charge in [0.25, 0.3) is 15.2 Å². The molecule has 0 bridgehead atoms. The summed E-state index contributed by atoms with van der Waals surface area (Å²) in [4.78, 5) is 51.5. The van der Waals surface area contributed by atoms with Gasteiger partial charge >= 0.3 is 17.9 Å². The number of aliphatic carboxylic acids is 4. The second-order valence-electron chi connectivity index (χ2n) is 9.55. The monoisotopic (exact) mass is 829 g/mol. The van der Waals surface area contributed by atoms with Crippen LogP contribution in [0.1, 0.15) is 11.4 Å². The van der Waals surface area contributed by atoms with Crippen LogP contribution >= 0.6 is 23.1 Å². The van der Waals surface area contributed by atoms with Crippen molar-refractivity contribution in [3.05, 3.63) is 89.7 Å². The highest BCUT2D eigenvalue weighted by Crippen LogP contribution is 2.17. The summed E-state index contributed by atoms with van der Waals surface area (Å²) in [5.74, 6) is -4.21. The van der Waals surface area contributed by atoms with E-state index in [1.165, 1.54) is 36.6 Å². The summed E-state index contributed by atoms with van der Waals surface area (Å²) in [7, 11) is -6.62. The van der Waals surface area contributed by atoms with Gasteiger partial charge in [0.05, 0.1) is 28.3 Å². The number of nitrogens with zero attached hydrogens (tertiary/aromatic N) is 2. The van der Waals surface area contributed by atoms with Gasteiger partial charge < -0.3 is 46.8 Å². The average molecular weight is 830 g/mol. The van der Waals surface area contributed by atoms with Crippen molar-refractivity contribution in [1.82, 2.24) is 19.7 Å².